The first kappa shape index (κ1) is 18.8. The van der Waals surface area contributed by atoms with Gasteiger partial charge in [0.1, 0.15) is 0 Å². The van der Waals surface area contributed by atoms with Crippen molar-refractivity contribution in [1.82, 2.24) is 0 Å². The molecule has 142 valence electrons. The number of nitro benzene ring substituents is 1. The largest absolute Gasteiger partial charge is 0.312 e. The van der Waals surface area contributed by atoms with Crippen LogP contribution in [0.5, 0.6) is 0 Å². The molecular weight excluding hydrogens is 370 g/mol. The van der Waals surface area contributed by atoms with Crippen LogP contribution in [0.2, 0.25) is 0 Å². The maximum Gasteiger partial charge on any atom is 0.270 e. The first-order chi connectivity index (χ1) is 12.8. The van der Waals surface area contributed by atoms with E-state index in [1.54, 1.807) is 23.1 Å². The van der Waals surface area contributed by atoms with Crippen LogP contribution in [-0.4, -0.2) is 25.8 Å². The summed E-state index contributed by atoms with van der Waals surface area (Å²) in [7, 11) is -3.97. The lowest BCUT2D eigenvalue weighted by atomic mass is 10.0. The Morgan fingerprint density at radius 1 is 1.19 bits per heavy atom. The van der Waals surface area contributed by atoms with Gasteiger partial charge in [0.05, 0.1) is 9.82 Å². The predicted octanol–water partition coefficient (Wildman–Crippen LogP) is 3.08. The van der Waals surface area contributed by atoms with E-state index in [0.29, 0.717) is 25.1 Å². The van der Waals surface area contributed by atoms with E-state index in [2.05, 4.69) is 4.72 Å². The van der Waals surface area contributed by atoms with Crippen molar-refractivity contribution in [2.24, 2.45) is 0 Å². The summed E-state index contributed by atoms with van der Waals surface area (Å²) >= 11 is 0. The van der Waals surface area contributed by atoms with E-state index in [1.807, 2.05) is 6.92 Å². The molecule has 8 nitrogen and oxygen atoms in total. The highest BCUT2D eigenvalue weighted by Gasteiger charge is 2.24. The molecule has 0 spiro atoms. The second kappa shape index (κ2) is 7.36. The first-order valence-corrected chi connectivity index (χ1v) is 10.0. The maximum atomic E-state index is 12.6. The van der Waals surface area contributed by atoms with Crippen molar-refractivity contribution in [2.45, 2.75) is 31.1 Å². The van der Waals surface area contributed by atoms with Gasteiger partial charge in [-0.25, -0.2) is 8.42 Å². The van der Waals surface area contributed by atoms with Gasteiger partial charge in [0.25, 0.3) is 15.7 Å². The van der Waals surface area contributed by atoms with E-state index < -0.39 is 14.9 Å². The summed E-state index contributed by atoms with van der Waals surface area (Å²) in [5, 5.41) is 10.9. The Hall–Kier alpha value is -2.94. The fraction of sp³-hybridized carbons (Fsp3) is 0.278. The summed E-state index contributed by atoms with van der Waals surface area (Å²) in [5.74, 6) is 0.0641. The molecule has 0 unspecified atom stereocenters. The standard InChI is InChI=1S/C18H19N3O5S/c1-2-10-20-17-8-7-14(11-13(17)6-9-18(20)22)19-27(25,26)16-5-3-4-15(12-16)21(23)24/h3-5,7-8,11-12,19H,2,6,9-10H2,1H3. The highest BCUT2D eigenvalue weighted by Crippen LogP contribution is 2.31. The number of sulfonamides is 1. The lowest BCUT2D eigenvalue weighted by Crippen LogP contribution is -2.35. The average Bonchev–Trinajstić information content (AvgIpc) is 2.64. The van der Waals surface area contributed by atoms with E-state index in [1.165, 1.54) is 18.2 Å². The van der Waals surface area contributed by atoms with Crippen molar-refractivity contribution in [3.8, 4) is 0 Å². The molecule has 27 heavy (non-hydrogen) atoms. The smallest absolute Gasteiger partial charge is 0.270 e. The van der Waals surface area contributed by atoms with Crippen molar-refractivity contribution >= 4 is 33.0 Å². The third-order valence-corrected chi connectivity index (χ3v) is 5.70. The number of hydrogen-bond donors (Lipinski definition) is 1. The van der Waals surface area contributed by atoms with Gasteiger partial charge in [-0.1, -0.05) is 13.0 Å². The molecule has 0 radical (unpaired) electrons. The molecule has 3 rings (SSSR count). The van der Waals surface area contributed by atoms with Crippen LogP contribution in [0.25, 0.3) is 0 Å². The number of hydrogen-bond acceptors (Lipinski definition) is 5. The van der Waals surface area contributed by atoms with Crippen LogP contribution in [0, 0.1) is 10.1 Å². The van der Waals surface area contributed by atoms with Crippen molar-refractivity contribution < 1.29 is 18.1 Å². The number of nitro groups is 1. The topological polar surface area (TPSA) is 110 Å². The number of carbonyl (C=O) groups is 1. The van der Waals surface area contributed by atoms with Crippen LogP contribution >= 0.6 is 0 Å². The Morgan fingerprint density at radius 2 is 1.96 bits per heavy atom. The minimum absolute atomic E-state index is 0.0641. The molecule has 0 saturated carbocycles. The van der Waals surface area contributed by atoms with Crippen LogP contribution in [0.4, 0.5) is 17.1 Å². The number of nitrogens with one attached hydrogen (secondary N) is 1. The number of rotatable bonds is 6. The minimum atomic E-state index is -3.97. The quantitative estimate of drug-likeness (QED) is 0.603. The summed E-state index contributed by atoms with van der Waals surface area (Å²) in [4.78, 5) is 23.9. The molecule has 9 heteroatoms. The van der Waals surface area contributed by atoms with Crippen LogP contribution in [0.3, 0.4) is 0 Å². The number of benzene rings is 2. The number of aryl methyl sites for hydroxylation is 1. The van der Waals surface area contributed by atoms with E-state index in [0.717, 1.165) is 23.7 Å². The second-order valence-electron chi connectivity index (χ2n) is 6.25. The van der Waals surface area contributed by atoms with Gasteiger partial charge in [-0.3, -0.25) is 19.6 Å². The van der Waals surface area contributed by atoms with Crippen LogP contribution < -0.4 is 9.62 Å². The van der Waals surface area contributed by atoms with Gasteiger partial charge in [-0.05, 0) is 42.7 Å². The summed E-state index contributed by atoms with van der Waals surface area (Å²) in [6.45, 7) is 2.60. The van der Waals surface area contributed by atoms with Gasteiger partial charge in [0.15, 0.2) is 0 Å². The van der Waals surface area contributed by atoms with Crippen LogP contribution in [0.15, 0.2) is 47.4 Å². The van der Waals surface area contributed by atoms with E-state index in [-0.39, 0.29) is 16.5 Å². The van der Waals surface area contributed by atoms with E-state index in [9.17, 15) is 23.3 Å². The van der Waals surface area contributed by atoms with Gasteiger partial charge >= 0.3 is 0 Å². The van der Waals surface area contributed by atoms with Gasteiger partial charge in [0.2, 0.25) is 5.91 Å². The number of fused-ring (bicyclic) bond motifs is 1. The third kappa shape index (κ3) is 3.92. The molecule has 1 heterocycles. The molecule has 0 bridgehead atoms. The third-order valence-electron chi connectivity index (χ3n) is 4.32. The number of carbonyl (C=O) groups excluding carboxylic acids is 1. The summed E-state index contributed by atoms with van der Waals surface area (Å²) in [6, 6.07) is 9.91. The second-order valence-corrected chi connectivity index (χ2v) is 7.93. The molecule has 2 aromatic rings. The highest BCUT2D eigenvalue weighted by atomic mass is 32.2. The highest BCUT2D eigenvalue weighted by molar-refractivity contribution is 7.92. The Bertz CT molecular complexity index is 1000. The summed E-state index contributed by atoms with van der Waals surface area (Å²) < 4.78 is 27.6. The lowest BCUT2D eigenvalue weighted by molar-refractivity contribution is -0.385. The fourth-order valence-electron chi connectivity index (χ4n) is 3.07. The lowest BCUT2D eigenvalue weighted by Gasteiger charge is -2.29. The predicted molar refractivity (Wildman–Crippen MR) is 101 cm³/mol. The van der Waals surface area contributed by atoms with Gasteiger partial charge < -0.3 is 4.90 Å². The van der Waals surface area contributed by atoms with Gasteiger partial charge in [-0.15, -0.1) is 0 Å². The minimum Gasteiger partial charge on any atom is -0.312 e. The number of non-ortho nitro benzene ring substituents is 1. The van der Waals surface area contributed by atoms with Crippen molar-refractivity contribution in [2.75, 3.05) is 16.2 Å². The zero-order valence-corrected chi connectivity index (χ0v) is 15.5. The maximum absolute atomic E-state index is 12.6. The molecule has 1 amide bonds. The van der Waals surface area contributed by atoms with Crippen molar-refractivity contribution in [1.29, 1.82) is 0 Å². The van der Waals surface area contributed by atoms with Gasteiger partial charge in [-0.2, -0.15) is 0 Å². The number of amides is 1. The Balaban J connectivity index is 1.89. The first-order valence-electron chi connectivity index (χ1n) is 8.52. The van der Waals surface area contributed by atoms with Crippen LogP contribution in [-0.2, 0) is 21.2 Å². The SMILES string of the molecule is CCCN1C(=O)CCc2cc(NS(=O)(=O)c3cccc([N+](=O)[O-])c3)ccc21. The molecule has 1 aliphatic heterocycles. The summed E-state index contributed by atoms with van der Waals surface area (Å²) in [6.07, 6.45) is 1.75. The fourth-order valence-corrected chi connectivity index (χ4v) is 4.16. The molecule has 1 aliphatic rings. The molecule has 0 atom stereocenters. The van der Waals surface area contributed by atoms with E-state index in [4.69, 9.17) is 0 Å². The normalized spacial score (nSPS) is 14.0. The Morgan fingerprint density at radius 3 is 2.67 bits per heavy atom. The summed E-state index contributed by atoms with van der Waals surface area (Å²) in [5.41, 5.74) is 1.75. The Kier molecular flexibility index (Phi) is 5.13. The molecule has 0 aromatic heterocycles. The molecule has 1 N–H and O–H groups in total. The Labute approximate surface area is 157 Å². The van der Waals surface area contributed by atoms with Crippen LogP contribution in [0.1, 0.15) is 25.3 Å². The van der Waals surface area contributed by atoms with Crippen molar-refractivity contribution in [3.05, 3.63) is 58.1 Å². The van der Waals surface area contributed by atoms with E-state index >= 15 is 0 Å². The molecule has 0 aliphatic carbocycles. The molecular formula is C18H19N3O5S. The number of nitrogens with zero attached hydrogens (tertiary/aromatic N) is 2. The van der Waals surface area contributed by atoms with Crippen molar-refractivity contribution in [3.63, 3.8) is 0 Å². The zero-order chi connectivity index (χ0) is 19.6. The monoisotopic (exact) mass is 389 g/mol. The molecule has 2 aromatic carbocycles. The van der Waals surface area contributed by atoms with Gasteiger partial charge in [0, 0.05) is 36.5 Å². The number of anilines is 2. The molecule has 0 fully saturated rings. The zero-order valence-electron chi connectivity index (χ0n) is 14.7. The average molecular weight is 389 g/mol. The molecule has 0 saturated heterocycles.